The molecule has 0 atom stereocenters. The highest BCUT2D eigenvalue weighted by atomic mass is 19.4. The van der Waals surface area contributed by atoms with Crippen LogP contribution in [-0.2, 0) is 20.9 Å². The summed E-state index contributed by atoms with van der Waals surface area (Å²) in [5.41, 5.74) is 0.976. The van der Waals surface area contributed by atoms with Gasteiger partial charge in [0.1, 0.15) is 12.6 Å². The number of aromatic nitrogens is 2. The number of aryl methyl sites for hydroxylation is 1. The number of alkyl halides is 3. The van der Waals surface area contributed by atoms with Gasteiger partial charge in [-0.05, 0) is 17.2 Å². The number of esters is 2. The smallest absolute Gasteiger partial charge is 0.386 e. The number of nitrogens with zero attached hydrogens (tertiary/aromatic N) is 3. The van der Waals surface area contributed by atoms with Gasteiger partial charge in [0.2, 0.25) is 0 Å². The van der Waals surface area contributed by atoms with Crippen LogP contribution in [0.2, 0.25) is 0 Å². The molecule has 0 fully saturated rings. The van der Waals surface area contributed by atoms with E-state index in [1.165, 1.54) is 28.0 Å². The lowest BCUT2D eigenvalue weighted by atomic mass is 10.2. The zero-order chi connectivity index (χ0) is 20.0. The van der Waals surface area contributed by atoms with Crippen molar-refractivity contribution in [3.63, 3.8) is 0 Å². The van der Waals surface area contributed by atoms with Crippen LogP contribution in [0.15, 0.2) is 48.8 Å². The zero-order valence-electron chi connectivity index (χ0n) is 14.1. The topological polar surface area (TPSA) is 80.5 Å². The molecule has 142 valence electrons. The average Bonchev–Trinajstić information content (AvgIpc) is 2.65. The molecule has 0 N–H and O–H groups in total. The summed E-state index contributed by atoms with van der Waals surface area (Å²) < 4.78 is 40.9. The van der Waals surface area contributed by atoms with Crippen LogP contribution >= 0.6 is 0 Å². The molecule has 1 aromatic carbocycles. The van der Waals surface area contributed by atoms with Gasteiger partial charge in [0.25, 0.3) is 5.91 Å². The van der Waals surface area contributed by atoms with Gasteiger partial charge >= 0.3 is 18.1 Å². The molecular weight excluding hydrogens is 367 g/mol. The summed E-state index contributed by atoms with van der Waals surface area (Å²) in [5, 5.41) is 3.93. The van der Waals surface area contributed by atoms with E-state index in [9.17, 15) is 27.6 Å². The van der Waals surface area contributed by atoms with Gasteiger partial charge in [-0.2, -0.15) is 13.2 Å². The second kappa shape index (κ2) is 8.39. The van der Waals surface area contributed by atoms with Gasteiger partial charge < -0.3 is 9.64 Å². The molecule has 1 heterocycles. The van der Waals surface area contributed by atoms with Gasteiger partial charge in [-0.1, -0.05) is 22.9 Å². The van der Waals surface area contributed by atoms with Gasteiger partial charge in [0, 0.05) is 18.8 Å². The number of para-hydroxylation sites is 1. The molecule has 27 heavy (non-hydrogen) atoms. The highest BCUT2D eigenvalue weighted by Gasteiger charge is 2.42. The van der Waals surface area contributed by atoms with Crippen molar-refractivity contribution in [3.8, 4) is 0 Å². The predicted octanol–water partition coefficient (Wildman–Crippen LogP) is 1.67. The maximum Gasteiger partial charge on any atom is 0.491 e. The Hall–Kier alpha value is -3.30. The molecular formula is C17H15F3N3O4+. The Balaban J connectivity index is 1.92. The van der Waals surface area contributed by atoms with Crippen LogP contribution in [0.25, 0.3) is 0 Å². The predicted molar refractivity (Wildman–Crippen MR) is 85.4 cm³/mol. The minimum Gasteiger partial charge on any atom is -0.386 e. The van der Waals surface area contributed by atoms with Gasteiger partial charge in [0.05, 0.1) is 5.56 Å². The molecule has 0 saturated carbocycles. The van der Waals surface area contributed by atoms with Crippen molar-refractivity contribution in [2.45, 2.75) is 19.1 Å². The highest BCUT2D eigenvalue weighted by molar-refractivity contribution is 6.05. The number of halogens is 3. The van der Waals surface area contributed by atoms with E-state index in [0.29, 0.717) is 5.69 Å². The van der Waals surface area contributed by atoms with Crippen molar-refractivity contribution in [1.29, 1.82) is 0 Å². The molecule has 0 bridgehead atoms. The Labute approximate surface area is 152 Å². The second-order valence-corrected chi connectivity index (χ2v) is 5.39. The fourth-order valence-electron chi connectivity index (χ4n) is 2.02. The molecule has 0 saturated heterocycles. The van der Waals surface area contributed by atoms with Gasteiger partial charge in [-0.3, -0.25) is 9.59 Å². The average molecular weight is 382 g/mol. The summed E-state index contributed by atoms with van der Waals surface area (Å²) in [5.74, 6) is -4.19. The number of carbonyl (C=O) groups excluding carboxylic acids is 3. The van der Waals surface area contributed by atoms with Crippen molar-refractivity contribution in [2.75, 3.05) is 11.9 Å². The molecule has 0 aliphatic rings. The van der Waals surface area contributed by atoms with Crippen molar-refractivity contribution in [1.82, 2.24) is 5.10 Å². The van der Waals surface area contributed by atoms with Crippen molar-refractivity contribution in [3.05, 3.63) is 54.4 Å². The number of hydrogen-bond acceptors (Lipinski definition) is 5. The Morgan fingerprint density at radius 1 is 1.15 bits per heavy atom. The number of amides is 1. The van der Waals surface area contributed by atoms with Gasteiger partial charge in [0.15, 0.2) is 12.7 Å². The summed E-state index contributed by atoms with van der Waals surface area (Å²) in [7, 11) is 1.60. The summed E-state index contributed by atoms with van der Waals surface area (Å²) in [6, 6.07) is 10.4. The first-order valence-corrected chi connectivity index (χ1v) is 7.69. The second-order valence-electron chi connectivity index (χ2n) is 5.39. The maximum absolute atomic E-state index is 12.4. The number of rotatable bonds is 5. The number of ether oxygens (including phenoxy) is 1. The van der Waals surface area contributed by atoms with Crippen molar-refractivity contribution < 1.29 is 37.0 Å². The molecule has 0 aliphatic carbocycles. The third kappa shape index (κ3) is 5.59. The van der Waals surface area contributed by atoms with Crippen LogP contribution in [0.3, 0.4) is 0 Å². The molecule has 1 amide bonds. The van der Waals surface area contributed by atoms with E-state index in [2.05, 4.69) is 9.84 Å². The van der Waals surface area contributed by atoms with Crippen LogP contribution in [-0.4, -0.2) is 36.2 Å². The SMILES string of the molecule is CN(C(=O)c1cc[n+](CCC(=O)OC(=O)C(F)(F)F)nc1)c1ccccc1. The quantitative estimate of drug-likeness (QED) is 0.447. The fourth-order valence-corrected chi connectivity index (χ4v) is 2.02. The number of anilines is 1. The summed E-state index contributed by atoms with van der Waals surface area (Å²) in [6.45, 7) is -0.118. The molecule has 2 aromatic rings. The maximum atomic E-state index is 12.4. The van der Waals surface area contributed by atoms with E-state index >= 15 is 0 Å². The van der Waals surface area contributed by atoms with Crippen molar-refractivity contribution >= 4 is 23.5 Å². The van der Waals surface area contributed by atoms with Crippen LogP contribution in [0.1, 0.15) is 16.8 Å². The third-order valence-electron chi connectivity index (χ3n) is 3.45. The van der Waals surface area contributed by atoms with E-state index in [1.807, 2.05) is 6.07 Å². The lowest BCUT2D eigenvalue weighted by molar-refractivity contribution is -0.753. The standard InChI is InChI=1S/C17H15F3N3O4/c1-22(13-5-3-2-4-6-13)15(25)12-7-9-23(21-11-12)10-8-14(24)27-16(26)17(18,19)20/h2-7,9,11H,8,10H2,1H3/q+1. The normalized spacial score (nSPS) is 11.0. The minimum absolute atomic E-state index is 0.118. The van der Waals surface area contributed by atoms with Gasteiger partial charge in [-0.15, -0.1) is 0 Å². The molecule has 1 aromatic heterocycles. The fraction of sp³-hybridized carbons (Fsp3) is 0.235. The third-order valence-corrected chi connectivity index (χ3v) is 3.45. The van der Waals surface area contributed by atoms with E-state index in [4.69, 9.17) is 0 Å². The van der Waals surface area contributed by atoms with Gasteiger partial charge in [-0.25, -0.2) is 4.79 Å². The minimum atomic E-state index is -5.23. The van der Waals surface area contributed by atoms with E-state index in [-0.39, 0.29) is 18.0 Å². The lowest BCUT2D eigenvalue weighted by Crippen LogP contribution is -2.40. The Morgan fingerprint density at radius 2 is 1.81 bits per heavy atom. The van der Waals surface area contributed by atoms with Crippen LogP contribution in [0.4, 0.5) is 18.9 Å². The molecule has 0 radical (unpaired) electrons. The molecule has 0 unspecified atom stereocenters. The van der Waals surface area contributed by atoms with E-state index in [1.54, 1.807) is 31.3 Å². The Kier molecular flexibility index (Phi) is 6.22. The first-order valence-electron chi connectivity index (χ1n) is 7.69. The monoisotopic (exact) mass is 382 g/mol. The first kappa shape index (κ1) is 20.0. The van der Waals surface area contributed by atoms with Crippen LogP contribution in [0, 0.1) is 0 Å². The first-order chi connectivity index (χ1) is 12.7. The summed E-state index contributed by atoms with van der Waals surface area (Å²) in [4.78, 5) is 35.6. The number of carbonyl (C=O) groups is 3. The van der Waals surface area contributed by atoms with Crippen LogP contribution in [0.5, 0.6) is 0 Å². The Morgan fingerprint density at radius 3 is 2.37 bits per heavy atom. The van der Waals surface area contributed by atoms with Crippen molar-refractivity contribution in [2.24, 2.45) is 0 Å². The Bertz CT molecular complexity index is 824. The summed E-state index contributed by atoms with van der Waals surface area (Å²) >= 11 is 0. The molecule has 0 spiro atoms. The number of hydrogen-bond donors (Lipinski definition) is 0. The molecule has 0 aliphatic heterocycles. The zero-order valence-corrected chi connectivity index (χ0v) is 14.1. The van der Waals surface area contributed by atoms with Crippen LogP contribution < -0.4 is 9.58 Å². The number of benzene rings is 1. The molecule has 7 nitrogen and oxygen atoms in total. The van der Waals surface area contributed by atoms with E-state index in [0.717, 1.165) is 0 Å². The molecule has 10 heteroatoms. The lowest BCUT2D eigenvalue weighted by Gasteiger charge is -2.16. The van der Waals surface area contributed by atoms with E-state index < -0.39 is 24.5 Å². The highest BCUT2D eigenvalue weighted by Crippen LogP contribution is 2.17. The largest absolute Gasteiger partial charge is 0.491 e. The molecule has 2 rings (SSSR count). The summed E-state index contributed by atoms with van der Waals surface area (Å²) in [6.07, 6.45) is -3.05.